The number of hydrogen-bond acceptors (Lipinski definition) is 6. The second-order valence-electron chi connectivity index (χ2n) is 5.61. The molecule has 0 saturated carbocycles. The SMILES string of the molecule is CC(C)(C)OC(=O)NCC(=O)ON1C(=O)CCC1=O.CCC. The minimum Gasteiger partial charge on any atom is -0.444 e. The van der Waals surface area contributed by atoms with E-state index in [9.17, 15) is 19.2 Å². The second-order valence-corrected chi connectivity index (χ2v) is 5.61. The average molecular weight is 316 g/mol. The Bertz CT molecular complexity index is 412. The van der Waals surface area contributed by atoms with Gasteiger partial charge in [-0.25, -0.2) is 9.59 Å². The van der Waals surface area contributed by atoms with Gasteiger partial charge >= 0.3 is 12.1 Å². The zero-order valence-electron chi connectivity index (χ0n) is 13.7. The topological polar surface area (TPSA) is 102 Å². The molecule has 0 unspecified atom stereocenters. The Labute approximate surface area is 130 Å². The van der Waals surface area contributed by atoms with Crippen LogP contribution >= 0.6 is 0 Å². The zero-order valence-corrected chi connectivity index (χ0v) is 13.7. The van der Waals surface area contributed by atoms with E-state index in [2.05, 4.69) is 24.0 Å². The van der Waals surface area contributed by atoms with Gasteiger partial charge in [0.15, 0.2) is 0 Å². The number of hydroxylamine groups is 2. The summed E-state index contributed by atoms with van der Waals surface area (Å²) in [6, 6.07) is 0. The largest absolute Gasteiger partial charge is 0.444 e. The monoisotopic (exact) mass is 316 g/mol. The van der Waals surface area contributed by atoms with Crippen molar-refractivity contribution < 1.29 is 28.8 Å². The molecule has 1 saturated heterocycles. The van der Waals surface area contributed by atoms with E-state index >= 15 is 0 Å². The summed E-state index contributed by atoms with van der Waals surface area (Å²) in [7, 11) is 0. The van der Waals surface area contributed by atoms with Gasteiger partial charge in [0.25, 0.3) is 11.8 Å². The van der Waals surface area contributed by atoms with E-state index < -0.39 is 36.0 Å². The highest BCUT2D eigenvalue weighted by molar-refractivity contribution is 6.01. The highest BCUT2D eigenvalue weighted by atomic mass is 16.7. The molecule has 0 aromatic carbocycles. The number of nitrogens with zero attached hydrogens (tertiary/aromatic N) is 1. The Kier molecular flexibility index (Phi) is 8.14. The lowest BCUT2D eigenvalue weighted by molar-refractivity contribution is -0.196. The zero-order chi connectivity index (χ0) is 17.3. The summed E-state index contributed by atoms with van der Waals surface area (Å²) in [5, 5.41) is 2.57. The van der Waals surface area contributed by atoms with Crippen LogP contribution in [0.5, 0.6) is 0 Å². The van der Waals surface area contributed by atoms with Crippen LogP contribution in [0.1, 0.15) is 53.9 Å². The summed E-state index contributed by atoms with van der Waals surface area (Å²) in [6.07, 6.45) is 0.501. The standard InChI is InChI=1S/C11H16N2O6.C3H8/c1-11(2,3)18-10(17)12-6-9(16)19-13-7(14)4-5-8(13)15;1-3-2/h4-6H2,1-3H3,(H,12,17);3H2,1-2H3. The maximum absolute atomic E-state index is 11.3. The number of amides is 3. The maximum Gasteiger partial charge on any atom is 0.408 e. The number of nitrogens with one attached hydrogen (secondary N) is 1. The van der Waals surface area contributed by atoms with Gasteiger partial charge in [-0.05, 0) is 20.8 Å². The molecular weight excluding hydrogens is 292 g/mol. The third-order valence-corrected chi connectivity index (χ3v) is 1.97. The first kappa shape index (κ1) is 19.9. The van der Waals surface area contributed by atoms with E-state index in [-0.39, 0.29) is 12.8 Å². The Morgan fingerprint density at radius 3 is 2.00 bits per heavy atom. The van der Waals surface area contributed by atoms with Crippen LogP contribution in [0.2, 0.25) is 0 Å². The fourth-order valence-corrected chi connectivity index (χ4v) is 1.25. The predicted molar refractivity (Wildman–Crippen MR) is 77.4 cm³/mol. The summed E-state index contributed by atoms with van der Waals surface area (Å²) in [5.41, 5.74) is -0.686. The molecular formula is C14H24N2O6. The molecule has 0 radical (unpaired) electrons. The van der Waals surface area contributed by atoms with Gasteiger partial charge in [0.2, 0.25) is 0 Å². The molecule has 8 nitrogen and oxygen atoms in total. The molecule has 0 spiro atoms. The fourth-order valence-electron chi connectivity index (χ4n) is 1.25. The van der Waals surface area contributed by atoms with E-state index in [0.29, 0.717) is 5.06 Å². The van der Waals surface area contributed by atoms with E-state index in [4.69, 9.17) is 4.74 Å². The van der Waals surface area contributed by atoms with Gasteiger partial charge in [-0.15, -0.1) is 5.06 Å². The van der Waals surface area contributed by atoms with E-state index in [1.807, 2.05) is 0 Å². The molecule has 1 N–H and O–H groups in total. The Hall–Kier alpha value is -2.12. The van der Waals surface area contributed by atoms with Gasteiger partial charge in [0.05, 0.1) is 0 Å². The third-order valence-electron chi connectivity index (χ3n) is 1.97. The highest BCUT2D eigenvalue weighted by Gasteiger charge is 2.32. The number of hydrogen-bond donors (Lipinski definition) is 1. The molecule has 1 fully saturated rings. The van der Waals surface area contributed by atoms with Crippen LogP contribution in [0.25, 0.3) is 0 Å². The average Bonchev–Trinajstić information content (AvgIpc) is 2.67. The fraction of sp³-hybridized carbons (Fsp3) is 0.714. The molecule has 1 aliphatic rings. The molecule has 22 heavy (non-hydrogen) atoms. The van der Waals surface area contributed by atoms with Crippen molar-refractivity contribution in [3.63, 3.8) is 0 Å². The van der Waals surface area contributed by atoms with Crippen molar-refractivity contribution >= 4 is 23.9 Å². The van der Waals surface area contributed by atoms with Gasteiger partial charge in [0, 0.05) is 12.8 Å². The number of rotatable bonds is 3. The lowest BCUT2D eigenvalue weighted by Gasteiger charge is -2.19. The van der Waals surface area contributed by atoms with Crippen molar-refractivity contribution in [2.45, 2.75) is 59.5 Å². The summed E-state index contributed by atoms with van der Waals surface area (Å²) in [5.74, 6) is -2.07. The quantitative estimate of drug-likeness (QED) is 0.792. The van der Waals surface area contributed by atoms with Crippen molar-refractivity contribution in [1.29, 1.82) is 0 Å². The van der Waals surface area contributed by atoms with Gasteiger partial charge in [-0.1, -0.05) is 20.3 Å². The summed E-state index contributed by atoms with van der Waals surface area (Å²) in [6.45, 7) is 8.78. The van der Waals surface area contributed by atoms with Crippen LogP contribution in [0.4, 0.5) is 4.79 Å². The highest BCUT2D eigenvalue weighted by Crippen LogP contribution is 2.12. The molecule has 3 amide bonds. The van der Waals surface area contributed by atoms with Gasteiger partial charge in [-0.3, -0.25) is 9.59 Å². The van der Waals surface area contributed by atoms with Crippen LogP contribution in [-0.2, 0) is 24.0 Å². The molecule has 0 bridgehead atoms. The summed E-state index contributed by atoms with van der Waals surface area (Å²) in [4.78, 5) is 49.4. The maximum atomic E-state index is 11.3. The smallest absolute Gasteiger partial charge is 0.408 e. The number of alkyl carbamates (subject to hydrolysis) is 1. The van der Waals surface area contributed by atoms with Crippen molar-refractivity contribution in [1.82, 2.24) is 10.4 Å². The molecule has 0 aliphatic carbocycles. The molecule has 1 aliphatic heterocycles. The molecule has 1 rings (SSSR count). The molecule has 8 heteroatoms. The summed E-state index contributed by atoms with van der Waals surface area (Å²) < 4.78 is 4.90. The predicted octanol–water partition coefficient (Wildman–Crippen LogP) is 1.53. The third kappa shape index (κ3) is 8.23. The molecule has 126 valence electrons. The minimum atomic E-state index is -0.922. The first-order valence-electron chi connectivity index (χ1n) is 7.14. The van der Waals surface area contributed by atoms with Gasteiger partial charge in [0.1, 0.15) is 12.1 Å². The lowest BCUT2D eigenvalue weighted by atomic mass is 10.2. The molecule has 0 aromatic heterocycles. The van der Waals surface area contributed by atoms with Crippen molar-refractivity contribution in [2.75, 3.05) is 6.54 Å². The van der Waals surface area contributed by atoms with Crippen molar-refractivity contribution in [3.8, 4) is 0 Å². The number of imide groups is 1. The van der Waals surface area contributed by atoms with Crippen LogP contribution in [-0.4, -0.2) is 41.1 Å². The Morgan fingerprint density at radius 1 is 1.14 bits per heavy atom. The molecule has 1 heterocycles. The van der Waals surface area contributed by atoms with Crippen molar-refractivity contribution in [2.24, 2.45) is 0 Å². The second kappa shape index (κ2) is 9.01. The Morgan fingerprint density at radius 2 is 1.59 bits per heavy atom. The molecule has 0 atom stereocenters. The van der Waals surface area contributed by atoms with Crippen LogP contribution < -0.4 is 5.32 Å². The first-order valence-corrected chi connectivity index (χ1v) is 7.14. The normalized spacial score (nSPS) is 14.1. The van der Waals surface area contributed by atoms with E-state index in [1.54, 1.807) is 20.8 Å². The van der Waals surface area contributed by atoms with Crippen LogP contribution in [0.3, 0.4) is 0 Å². The Balaban J connectivity index is 0.00000135. The van der Waals surface area contributed by atoms with Crippen LogP contribution in [0, 0.1) is 0 Å². The van der Waals surface area contributed by atoms with Crippen molar-refractivity contribution in [3.05, 3.63) is 0 Å². The minimum absolute atomic E-state index is 0.0195. The van der Waals surface area contributed by atoms with Gasteiger partial charge in [-0.2, -0.15) is 0 Å². The summed E-state index contributed by atoms with van der Waals surface area (Å²) >= 11 is 0. The lowest BCUT2D eigenvalue weighted by Crippen LogP contribution is -2.39. The van der Waals surface area contributed by atoms with E-state index in [1.165, 1.54) is 6.42 Å². The molecule has 0 aromatic rings. The van der Waals surface area contributed by atoms with Gasteiger partial charge < -0.3 is 14.9 Å². The number of ether oxygens (including phenoxy) is 1. The number of carbonyl (C=O) groups excluding carboxylic acids is 4. The van der Waals surface area contributed by atoms with E-state index in [0.717, 1.165) is 0 Å². The number of carbonyl (C=O) groups is 4. The first-order chi connectivity index (χ1) is 10.1. The van der Waals surface area contributed by atoms with Crippen LogP contribution in [0.15, 0.2) is 0 Å².